The molecule has 5 nitrogen and oxygen atoms in total. The van der Waals surface area contributed by atoms with Crippen LogP contribution in [-0.2, 0) is 6.42 Å². The summed E-state index contributed by atoms with van der Waals surface area (Å²) in [5, 5.41) is 8.47. The van der Waals surface area contributed by atoms with Gasteiger partial charge in [0.1, 0.15) is 5.69 Å². The summed E-state index contributed by atoms with van der Waals surface area (Å²) >= 11 is 1.67. The Hall–Kier alpha value is -2.31. The van der Waals surface area contributed by atoms with E-state index in [1.54, 1.807) is 11.3 Å². The molecule has 1 aliphatic rings. The normalized spacial score (nSPS) is 17.3. The predicted octanol–water partition coefficient (Wildman–Crippen LogP) is 3.07. The van der Waals surface area contributed by atoms with Gasteiger partial charge in [0.15, 0.2) is 0 Å². The first-order valence-electron chi connectivity index (χ1n) is 8.99. The van der Waals surface area contributed by atoms with Crippen LogP contribution in [0.15, 0.2) is 35.8 Å². The van der Waals surface area contributed by atoms with Gasteiger partial charge in [-0.2, -0.15) is 0 Å². The number of carbonyl (C=O) groups excluding carboxylic acids is 1. The molecular formula is C20H22N4OS. The second-order valence-corrected chi connectivity index (χ2v) is 7.72. The van der Waals surface area contributed by atoms with Gasteiger partial charge < -0.3 is 10.6 Å². The Morgan fingerprint density at radius 1 is 1.38 bits per heavy atom. The average Bonchev–Trinajstić information content (AvgIpc) is 3.13. The lowest BCUT2D eigenvalue weighted by molar-refractivity contribution is 0.0926. The number of fused-ring (bicyclic) bond motifs is 1. The van der Waals surface area contributed by atoms with E-state index in [1.165, 1.54) is 0 Å². The lowest BCUT2D eigenvalue weighted by Gasteiger charge is -2.23. The molecule has 3 aromatic rings. The molecule has 1 fully saturated rings. The summed E-state index contributed by atoms with van der Waals surface area (Å²) in [6.07, 6.45) is 4.76. The van der Waals surface area contributed by atoms with Crippen LogP contribution >= 0.6 is 11.3 Å². The van der Waals surface area contributed by atoms with Gasteiger partial charge >= 0.3 is 0 Å². The van der Waals surface area contributed by atoms with Crippen molar-refractivity contribution in [1.29, 1.82) is 0 Å². The number of hydrogen-bond donors (Lipinski definition) is 2. The van der Waals surface area contributed by atoms with E-state index < -0.39 is 0 Å². The molecule has 3 aromatic heterocycles. The first-order chi connectivity index (χ1) is 12.7. The Labute approximate surface area is 156 Å². The quantitative estimate of drug-likeness (QED) is 0.745. The Bertz CT molecular complexity index is 913. The summed E-state index contributed by atoms with van der Waals surface area (Å²) in [5.41, 5.74) is 4.66. The van der Waals surface area contributed by atoms with E-state index in [1.807, 2.05) is 36.7 Å². The van der Waals surface area contributed by atoms with Crippen LogP contribution in [0.5, 0.6) is 0 Å². The van der Waals surface area contributed by atoms with Crippen LogP contribution < -0.4 is 10.6 Å². The number of amides is 1. The van der Waals surface area contributed by atoms with Gasteiger partial charge in [0.05, 0.1) is 10.2 Å². The maximum atomic E-state index is 12.7. The minimum atomic E-state index is -0.0879. The highest BCUT2D eigenvalue weighted by atomic mass is 32.1. The molecule has 1 amide bonds. The first-order valence-corrected chi connectivity index (χ1v) is 9.87. The molecule has 0 spiro atoms. The molecule has 134 valence electrons. The highest BCUT2D eigenvalue weighted by Crippen LogP contribution is 2.26. The maximum absolute atomic E-state index is 12.7. The van der Waals surface area contributed by atoms with Gasteiger partial charge in [-0.3, -0.25) is 9.78 Å². The Morgan fingerprint density at radius 2 is 2.31 bits per heavy atom. The fraction of sp³-hybridized carbons (Fsp3) is 0.350. The van der Waals surface area contributed by atoms with Crippen molar-refractivity contribution in [3.63, 3.8) is 0 Å². The zero-order valence-corrected chi connectivity index (χ0v) is 15.6. The first kappa shape index (κ1) is 17.1. The smallest absolute Gasteiger partial charge is 0.270 e. The monoisotopic (exact) mass is 366 g/mol. The van der Waals surface area contributed by atoms with Gasteiger partial charge in [-0.05, 0) is 61.0 Å². The summed E-state index contributed by atoms with van der Waals surface area (Å²) in [6.45, 7) is 3.84. The minimum absolute atomic E-state index is 0.0879. The zero-order chi connectivity index (χ0) is 17.9. The zero-order valence-electron chi connectivity index (χ0n) is 14.8. The largest absolute Gasteiger partial charge is 0.347 e. The molecule has 0 saturated carbocycles. The van der Waals surface area contributed by atoms with E-state index in [0.717, 1.165) is 59.4 Å². The number of nitrogens with zero attached hydrogens (tertiary/aromatic N) is 2. The van der Waals surface area contributed by atoms with Gasteiger partial charge in [0, 0.05) is 30.9 Å². The molecule has 2 N–H and O–H groups in total. The molecular weight excluding hydrogens is 344 g/mol. The summed E-state index contributed by atoms with van der Waals surface area (Å²) in [6, 6.07) is 8.21. The lowest BCUT2D eigenvalue weighted by Crippen LogP contribution is -2.45. The minimum Gasteiger partial charge on any atom is -0.347 e. The van der Waals surface area contributed by atoms with E-state index >= 15 is 0 Å². The molecule has 0 bridgehead atoms. The van der Waals surface area contributed by atoms with Crippen molar-refractivity contribution < 1.29 is 4.79 Å². The number of aryl methyl sites for hydroxylation is 1. The second kappa shape index (κ2) is 7.51. The van der Waals surface area contributed by atoms with Crippen molar-refractivity contribution >= 4 is 27.5 Å². The van der Waals surface area contributed by atoms with Crippen LogP contribution in [0.3, 0.4) is 0 Å². The molecule has 0 aromatic carbocycles. The standard InChI is InChI=1S/C20H22N4OS/c1-13-4-5-14(11-22-13)9-15-10-18(24-17-6-8-26-19(15)17)20(25)23-16-3-2-7-21-12-16/h4-6,8,10-11,16,21H,2-3,7,9,12H2,1H3,(H,23,25)/t16-/m0/s1. The third kappa shape index (κ3) is 3.76. The molecule has 26 heavy (non-hydrogen) atoms. The number of aromatic nitrogens is 2. The van der Waals surface area contributed by atoms with E-state index in [4.69, 9.17) is 0 Å². The SMILES string of the molecule is Cc1ccc(Cc2cc(C(=O)N[C@H]3CCCNC3)nc3ccsc23)cn1. The van der Waals surface area contributed by atoms with Crippen LogP contribution in [0.2, 0.25) is 0 Å². The maximum Gasteiger partial charge on any atom is 0.270 e. The fourth-order valence-electron chi connectivity index (χ4n) is 3.33. The average molecular weight is 366 g/mol. The van der Waals surface area contributed by atoms with Crippen molar-refractivity contribution in [1.82, 2.24) is 20.6 Å². The number of nitrogens with one attached hydrogen (secondary N) is 2. The Morgan fingerprint density at radius 3 is 3.08 bits per heavy atom. The van der Waals surface area contributed by atoms with E-state index in [-0.39, 0.29) is 11.9 Å². The van der Waals surface area contributed by atoms with Crippen LogP contribution in [0.4, 0.5) is 0 Å². The molecule has 6 heteroatoms. The van der Waals surface area contributed by atoms with Crippen molar-refractivity contribution in [3.8, 4) is 0 Å². The topological polar surface area (TPSA) is 66.9 Å². The molecule has 4 rings (SSSR count). The fourth-order valence-corrected chi connectivity index (χ4v) is 4.18. The van der Waals surface area contributed by atoms with Crippen molar-refractivity contribution in [3.05, 3.63) is 58.4 Å². The van der Waals surface area contributed by atoms with Crippen LogP contribution in [0, 0.1) is 6.92 Å². The van der Waals surface area contributed by atoms with Gasteiger partial charge in [0.25, 0.3) is 5.91 Å². The van der Waals surface area contributed by atoms with Crippen molar-refractivity contribution in [2.24, 2.45) is 0 Å². The molecule has 0 aliphatic carbocycles. The third-order valence-corrected chi connectivity index (χ3v) is 5.70. The number of pyridine rings is 2. The van der Waals surface area contributed by atoms with Gasteiger partial charge in [-0.15, -0.1) is 11.3 Å². The predicted molar refractivity (Wildman–Crippen MR) is 105 cm³/mol. The van der Waals surface area contributed by atoms with Crippen LogP contribution in [-0.4, -0.2) is 35.0 Å². The molecule has 0 radical (unpaired) electrons. The van der Waals surface area contributed by atoms with Crippen LogP contribution in [0.1, 0.15) is 40.2 Å². The van der Waals surface area contributed by atoms with E-state index in [0.29, 0.717) is 5.69 Å². The number of hydrogen-bond acceptors (Lipinski definition) is 5. The lowest BCUT2D eigenvalue weighted by atomic mass is 10.0. The van der Waals surface area contributed by atoms with Gasteiger partial charge in [0.2, 0.25) is 0 Å². The molecule has 0 unspecified atom stereocenters. The van der Waals surface area contributed by atoms with E-state index in [2.05, 4.69) is 26.7 Å². The highest BCUT2D eigenvalue weighted by Gasteiger charge is 2.19. The van der Waals surface area contributed by atoms with E-state index in [9.17, 15) is 4.79 Å². The Kier molecular flexibility index (Phi) is 4.95. The number of thiophene rings is 1. The second-order valence-electron chi connectivity index (χ2n) is 6.80. The molecule has 4 heterocycles. The highest BCUT2D eigenvalue weighted by molar-refractivity contribution is 7.17. The van der Waals surface area contributed by atoms with Gasteiger partial charge in [-0.25, -0.2) is 4.98 Å². The molecule has 1 atom stereocenters. The summed E-state index contributed by atoms with van der Waals surface area (Å²) in [7, 11) is 0. The van der Waals surface area contributed by atoms with Crippen LogP contribution in [0.25, 0.3) is 10.2 Å². The number of carbonyl (C=O) groups is 1. The van der Waals surface area contributed by atoms with Gasteiger partial charge in [-0.1, -0.05) is 6.07 Å². The molecule has 1 saturated heterocycles. The summed E-state index contributed by atoms with van der Waals surface area (Å²) in [5.74, 6) is -0.0879. The summed E-state index contributed by atoms with van der Waals surface area (Å²) in [4.78, 5) is 21.7. The molecule has 1 aliphatic heterocycles. The number of rotatable bonds is 4. The van der Waals surface area contributed by atoms with Crippen molar-refractivity contribution in [2.75, 3.05) is 13.1 Å². The third-order valence-electron chi connectivity index (χ3n) is 4.72. The Balaban J connectivity index is 1.61. The number of piperidine rings is 1. The van der Waals surface area contributed by atoms with Crippen molar-refractivity contribution in [2.45, 2.75) is 32.2 Å². The summed E-state index contributed by atoms with van der Waals surface area (Å²) < 4.78 is 1.14.